The van der Waals surface area contributed by atoms with E-state index in [1.54, 1.807) is 6.07 Å². The van der Waals surface area contributed by atoms with E-state index in [1.807, 2.05) is 5.92 Å². The number of hydrogen-bond acceptors (Lipinski definition) is 1. The van der Waals surface area contributed by atoms with Gasteiger partial charge in [0.2, 0.25) is 0 Å². The second-order valence-corrected chi connectivity index (χ2v) is 7.96. The zero-order valence-electron chi connectivity index (χ0n) is 15.7. The monoisotopic (exact) mass is 389 g/mol. The Morgan fingerprint density at radius 1 is 0.893 bits per heavy atom. The molecular formula is C23H23F4N. The summed E-state index contributed by atoms with van der Waals surface area (Å²) in [6.45, 7) is 0. The molecule has 0 spiro atoms. The molecule has 0 radical (unpaired) electrons. The zero-order chi connectivity index (χ0) is 20.1. The number of nitrogens with zero attached hydrogens (tertiary/aromatic N) is 1. The van der Waals surface area contributed by atoms with Crippen LogP contribution < -0.4 is 0 Å². The van der Waals surface area contributed by atoms with Gasteiger partial charge in [0, 0.05) is 5.92 Å². The third-order valence-corrected chi connectivity index (χ3v) is 6.40. The lowest BCUT2D eigenvalue weighted by Gasteiger charge is -2.37. The molecule has 2 aliphatic rings. The van der Waals surface area contributed by atoms with Gasteiger partial charge in [-0.2, -0.15) is 14.0 Å². The van der Waals surface area contributed by atoms with E-state index in [-0.39, 0.29) is 17.4 Å². The first-order valence-corrected chi connectivity index (χ1v) is 9.89. The fraction of sp³-hybridized carbons (Fsp3) is 0.522. The number of nitriles is 1. The molecular weight excluding hydrogens is 366 g/mol. The molecule has 2 fully saturated rings. The molecule has 0 amide bonds. The van der Waals surface area contributed by atoms with Crippen LogP contribution in [0.2, 0.25) is 0 Å². The predicted octanol–water partition coefficient (Wildman–Crippen LogP) is 6.70. The highest BCUT2D eigenvalue weighted by atomic mass is 19.3. The molecule has 0 N–H and O–H groups in total. The highest BCUT2D eigenvalue weighted by molar-refractivity contribution is 5.42. The highest BCUT2D eigenvalue weighted by Gasteiger charge is 2.31. The van der Waals surface area contributed by atoms with Crippen LogP contribution in [-0.4, -0.2) is 0 Å². The van der Waals surface area contributed by atoms with Gasteiger partial charge in [-0.05, 0) is 105 Å². The number of hydrogen-bond donors (Lipinski definition) is 0. The van der Waals surface area contributed by atoms with E-state index < -0.39 is 17.7 Å². The molecule has 0 heterocycles. The molecule has 0 atom stereocenters. The molecule has 0 bridgehead atoms. The Bertz CT molecular complexity index is 799. The van der Waals surface area contributed by atoms with Gasteiger partial charge in [-0.1, -0.05) is 0 Å². The molecule has 1 aromatic carbocycles. The molecule has 2 saturated carbocycles. The summed E-state index contributed by atoms with van der Waals surface area (Å²) in [5.41, 5.74) is 0.303. The average molecular weight is 389 g/mol. The number of benzene rings is 1. The van der Waals surface area contributed by atoms with Gasteiger partial charge >= 0.3 is 0 Å². The first-order valence-electron chi connectivity index (χ1n) is 9.89. The van der Waals surface area contributed by atoms with Crippen molar-refractivity contribution in [3.05, 3.63) is 47.1 Å². The molecule has 2 aliphatic carbocycles. The largest absolute Gasteiger partial charge is 0.266 e. The first kappa shape index (κ1) is 20.5. The summed E-state index contributed by atoms with van der Waals surface area (Å²) >= 11 is 0. The van der Waals surface area contributed by atoms with Crippen LogP contribution in [0, 0.1) is 52.6 Å². The van der Waals surface area contributed by atoms with Crippen LogP contribution in [0.4, 0.5) is 17.6 Å². The van der Waals surface area contributed by atoms with Crippen LogP contribution in [0.5, 0.6) is 0 Å². The number of halogens is 4. The molecule has 0 aromatic heterocycles. The molecule has 1 nitrogen and oxygen atoms in total. The second kappa shape index (κ2) is 9.28. The van der Waals surface area contributed by atoms with Crippen LogP contribution in [0.25, 0.3) is 0 Å². The van der Waals surface area contributed by atoms with Crippen molar-refractivity contribution in [2.75, 3.05) is 0 Å². The molecule has 0 saturated heterocycles. The lowest BCUT2D eigenvalue weighted by Crippen LogP contribution is -2.25. The Morgan fingerprint density at radius 3 is 1.93 bits per heavy atom. The van der Waals surface area contributed by atoms with Gasteiger partial charge in [-0.15, -0.1) is 0 Å². The van der Waals surface area contributed by atoms with Crippen molar-refractivity contribution in [3.8, 4) is 17.9 Å². The normalized spacial score (nSPS) is 27.2. The van der Waals surface area contributed by atoms with Crippen molar-refractivity contribution in [3.63, 3.8) is 0 Å². The fourth-order valence-corrected chi connectivity index (χ4v) is 4.92. The van der Waals surface area contributed by atoms with E-state index >= 15 is 0 Å². The van der Waals surface area contributed by atoms with Gasteiger partial charge in [0.05, 0.1) is 5.56 Å². The van der Waals surface area contributed by atoms with Gasteiger partial charge in [0.15, 0.2) is 6.07 Å². The molecule has 1 aromatic rings. The Hall–Kier alpha value is -2.27. The topological polar surface area (TPSA) is 23.8 Å². The summed E-state index contributed by atoms with van der Waals surface area (Å²) in [6, 6.07) is 4.25. The van der Waals surface area contributed by atoms with Crippen molar-refractivity contribution >= 4 is 0 Å². The van der Waals surface area contributed by atoms with Crippen molar-refractivity contribution < 1.29 is 17.6 Å². The standard InChI is InChI=1S/C23H23F4N/c24-21-13-19(14-22(25)20(21)2-1-11-28)18-9-7-17(8-10-18)16-5-3-15(4-6-16)12-23(26)27/h12-18H,3-10H2. The van der Waals surface area contributed by atoms with Gasteiger partial charge in [0.1, 0.15) is 11.6 Å². The van der Waals surface area contributed by atoms with Gasteiger partial charge < -0.3 is 0 Å². The quantitative estimate of drug-likeness (QED) is 0.417. The van der Waals surface area contributed by atoms with E-state index in [0.717, 1.165) is 57.4 Å². The Morgan fingerprint density at radius 2 is 1.43 bits per heavy atom. The van der Waals surface area contributed by atoms with E-state index in [9.17, 15) is 17.6 Å². The van der Waals surface area contributed by atoms with Crippen LogP contribution >= 0.6 is 0 Å². The van der Waals surface area contributed by atoms with E-state index in [2.05, 4.69) is 5.92 Å². The third kappa shape index (κ3) is 4.96. The zero-order valence-corrected chi connectivity index (χ0v) is 15.7. The summed E-state index contributed by atoms with van der Waals surface area (Å²) < 4.78 is 53.2. The maximum absolute atomic E-state index is 14.2. The summed E-state index contributed by atoms with van der Waals surface area (Å²) in [7, 11) is 0. The minimum absolute atomic E-state index is 0.00573. The molecule has 148 valence electrons. The maximum Gasteiger partial charge on any atom is 0.266 e. The summed E-state index contributed by atoms with van der Waals surface area (Å²) in [5.74, 6) is 4.09. The number of allylic oxidation sites excluding steroid dienone is 1. The maximum atomic E-state index is 14.2. The van der Waals surface area contributed by atoms with Crippen LogP contribution in [0.1, 0.15) is 68.4 Å². The fourth-order valence-electron chi connectivity index (χ4n) is 4.92. The van der Waals surface area contributed by atoms with E-state index in [1.165, 1.54) is 12.1 Å². The van der Waals surface area contributed by atoms with E-state index in [4.69, 9.17) is 5.26 Å². The predicted molar refractivity (Wildman–Crippen MR) is 99.3 cm³/mol. The van der Waals surface area contributed by atoms with E-state index in [0.29, 0.717) is 17.4 Å². The summed E-state index contributed by atoms with van der Waals surface area (Å²) in [6.07, 6.45) is 6.91. The van der Waals surface area contributed by atoms with Crippen LogP contribution in [-0.2, 0) is 0 Å². The molecule has 5 heteroatoms. The Balaban J connectivity index is 1.57. The minimum Gasteiger partial charge on any atom is -0.206 e. The smallest absolute Gasteiger partial charge is 0.206 e. The van der Waals surface area contributed by atoms with Gasteiger partial charge in [-0.25, -0.2) is 8.78 Å². The van der Waals surface area contributed by atoms with Gasteiger partial charge in [0.25, 0.3) is 6.08 Å². The van der Waals surface area contributed by atoms with Gasteiger partial charge in [-0.3, -0.25) is 0 Å². The van der Waals surface area contributed by atoms with Crippen molar-refractivity contribution in [1.29, 1.82) is 5.26 Å². The minimum atomic E-state index is -1.58. The molecule has 0 unspecified atom stereocenters. The van der Waals surface area contributed by atoms with Crippen molar-refractivity contribution in [2.45, 2.75) is 57.3 Å². The Labute approximate surface area is 163 Å². The number of rotatable bonds is 3. The van der Waals surface area contributed by atoms with Crippen molar-refractivity contribution in [1.82, 2.24) is 0 Å². The molecule has 0 aliphatic heterocycles. The lowest BCUT2D eigenvalue weighted by molar-refractivity contribution is 0.170. The highest BCUT2D eigenvalue weighted by Crippen LogP contribution is 2.44. The second-order valence-electron chi connectivity index (χ2n) is 7.96. The first-order chi connectivity index (χ1) is 13.5. The lowest BCUT2D eigenvalue weighted by atomic mass is 9.68. The summed E-state index contributed by atoms with van der Waals surface area (Å²) in [4.78, 5) is 0. The molecule has 28 heavy (non-hydrogen) atoms. The van der Waals surface area contributed by atoms with Crippen molar-refractivity contribution in [2.24, 2.45) is 17.8 Å². The SMILES string of the molecule is N#CC#Cc1c(F)cc(C2CCC(C3CCC(C=C(F)F)CC3)CC2)cc1F. The third-order valence-electron chi connectivity index (χ3n) is 6.40. The van der Waals surface area contributed by atoms with Crippen LogP contribution in [0.3, 0.4) is 0 Å². The Kier molecular flexibility index (Phi) is 6.79. The molecule has 3 rings (SSSR count). The summed E-state index contributed by atoms with van der Waals surface area (Å²) in [5, 5.41) is 8.45. The van der Waals surface area contributed by atoms with Crippen LogP contribution in [0.15, 0.2) is 24.3 Å². The average Bonchev–Trinajstić information content (AvgIpc) is 2.67.